The molecule has 1 rings (SSSR count). The van der Waals surface area contributed by atoms with Crippen LogP contribution in [0, 0.1) is 0 Å². The molecule has 0 fully saturated rings. The van der Waals surface area contributed by atoms with E-state index >= 15 is 0 Å². The highest BCUT2D eigenvalue weighted by Gasteiger charge is 2.33. The van der Waals surface area contributed by atoms with Crippen molar-refractivity contribution in [3.8, 4) is 11.5 Å². The van der Waals surface area contributed by atoms with E-state index < -0.39 is 42.0 Å². The van der Waals surface area contributed by atoms with Crippen LogP contribution in [0.25, 0.3) is 0 Å². The van der Waals surface area contributed by atoms with Crippen molar-refractivity contribution in [2.75, 3.05) is 0 Å². The van der Waals surface area contributed by atoms with Crippen molar-refractivity contribution in [3.63, 3.8) is 0 Å². The zero-order chi connectivity index (χ0) is 16.2. The molecular formula is C12H12F3NO5. The number of phenols is 2. The Morgan fingerprint density at radius 1 is 1.19 bits per heavy atom. The Morgan fingerprint density at radius 2 is 1.81 bits per heavy atom. The van der Waals surface area contributed by atoms with Gasteiger partial charge in [0.05, 0.1) is 0 Å². The van der Waals surface area contributed by atoms with Crippen LogP contribution in [0.4, 0.5) is 13.2 Å². The summed E-state index contributed by atoms with van der Waals surface area (Å²) in [7, 11) is 0. The van der Waals surface area contributed by atoms with Crippen LogP contribution in [-0.4, -0.2) is 39.4 Å². The highest BCUT2D eigenvalue weighted by atomic mass is 19.4. The van der Waals surface area contributed by atoms with Gasteiger partial charge in [0.2, 0.25) is 5.91 Å². The number of carboxylic acids is 1. The van der Waals surface area contributed by atoms with Crippen LogP contribution in [0.1, 0.15) is 12.0 Å². The summed E-state index contributed by atoms with van der Waals surface area (Å²) >= 11 is 0. The van der Waals surface area contributed by atoms with Gasteiger partial charge in [-0.1, -0.05) is 6.07 Å². The topological polar surface area (TPSA) is 107 Å². The average molecular weight is 307 g/mol. The summed E-state index contributed by atoms with van der Waals surface area (Å²) < 4.78 is 36.0. The second-order valence-corrected chi connectivity index (χ2v) is 4.28. The number of rotatable bonds is 5. The largest absolute Gasteiger partial charge is 0.504 e. The Hall–Kier alpha value is -2.45. The number of aromatic hydroxyl groups is 2. The van der Waals surface area contributed by atoms with Crippen LogP contribution in [0.15, 0.2) is 18.2 Å². The molecule has 0 bridgehead atoms. The summed E-state index contributed by atoms with van der Waals surface area (Å²) in [4.78, 5) is 22.0. The molecule has 4 N–H and O–H groups in total. The number of hydrogen-bond acceptors (Lipinski definition) is 4. The molecule has 0 spiro atoms. The van der Waals surface area contributed by atoms with Gasteiger partial charge in [-0.2, -0.15) is 13.2 Å². The highest BCUT2D eigenvalue weighted by Crippen LogP contribution is 2.25. The molecule has 1 aromatic rings. The molecule has 1 aromatic carbocycles. The lowest BCUT2D eigenvalue weighted by atomic mass is 10.1. The lowest BCUT2D eigenvalue weighted by Crippen LogP contribution is -2.43. The Labute approximate surface area is 116 Å². The van der Waals surface area contributed by atoms with Crippen LogP contribution in [0.3, 0.4) is 0 Å². The summed E-state index contributed by atoms with van der Waals surface area (Å²) in [6, 6.07) is 1.85. The maximum absolute atomic E-state index is 12.0. The molecular weight excluding hydrogens is 295 g/mol. The third-order valence-electron chi connectivity index (χ3n) is 2.47. The van der Waals surface area contributed by atoms with Crippen molar-refractivity contribution in [3.05, 3.63) is 23.8 Å². The maximum atomic E-state index is 12.0. The minimum atomic E-state index is -4.73. The first-order valence-electron chi connectivity index (χ1n) is 5.68. The molecule has 1 atom stereocenters. The molecule has 0 aliphatic carbocycles. The van der Waals surface area contributed by atoms with Crippen molar-refractivity contribution in [2.24, 2.45) is 0 Å². The normalized spacial score (nSPS) is 12.7. The third-order valence-corrected chi connectivity index (χ3v) is 2.47. The van der Waals surface area contributed by atoms with Gasteiger partial charge in [-0.25, -0.2) is 4.79 Å². The van der Waals surface area contributed by atoms with Gasteiger partial charge in [0.1, 0.15) is 12.5 Å². The molecule has 6 nitrogen and oxygen atoms in total. The van der Waals surface area contributed by atoms with Gasteiger partial charge in [0, 0.05) is 6.42 Å². The number of halogens is 3. The number of nitrogens with one attached hydrogen (secondary N) is 1. The predicted octanol–water partition coefficient (Wildman–Crippen LogP) is 1.16. The van der Waals surface area contributed by atoms with Gasteiger partial charge in [0.15, 0.2) is 11.5 Å². The van der Waals surface area contributed by atoms with Crippen LogP contribution < -0.4 is 5.32 Å². The minimum Gasteiger partial charge on any atom is -0.504 e. The van der Waals surface area contributed by atoms with E-state index in [1.54, 1.807) is 5.32 Å². The second-order valence-electron chi connectivity index (χ2n) is 4.28. The summed E-state index contributed by atoms with van der Waals surface area (Å²) in [5, 5.41) is 29.0. The van der Waals surface area contributed by atoms with E-state index in [0.29, 0.717) is 0 Å². The number of carbonyl (C=O) groups excluding carboxylic acids is 1. The molecule has 21 heavy (non-hydrogen) atoms. The molecule has 0 aromatic heterocycles. The van der Waals surface area contributed by atoms with Crippen molar-refractivity contribution in [1.82, 2.24) is 5.32 Å². The lowest BCUT2D eigenvalue weighted by molar-refractivity contribution is -0.156. The molecule has 0 radical (unpaired) electrons. The quantitative estimate of drug-likeness (QED) is 0.611. The fourth-order valence-corrected chi connectivity index (χ4v) is 1.56. The number of carbonyl (C=O) groups is 2. The van der Waals surface area contributed by atoms with Gasteiger partial charge >= 0.3 is 12.1 Å². The minimum absolute atomic E-state index is 0.227. The van der Waals surface area contributed by atoms with Crippen LogP contribution in [0.5, 0.6) is 11.5 Å². The molecule has 116 valence electrons. The first kappa shape index (κ1) is 16.6. The Kier molecular flexibility index (Phi) is 5.01. The molecule has 0 heterocycles. The van der Waals surface area contributed by atoms with Crippen molar-refractivity contribution < 1.29 is 38.1 Å². The number of amides is 1. The van der Waals surface area contributed by atoms with Crippen molar-refractivity contribution >= 4 is 11.9 Å². The number of benzene rings is 1. The molecule has 0 aliphatic rings. The molecule has 0 aliphatic heterocycles. The number of aliphatic carboxylic acids is 1. The van der Waals surface area contributed by atoms with E-state index in [9.17, 15) is 27.9 Å². The average Bonchev–Trinajstić information content (AvgIpc) is 2.30. The first-order chi connectivity index (χ1) is 9.58. The first-order valence-corrected chi connectivity index (χ1v) is 5.68. The van der Waals surface area contributed by atoms with Gasteiger partial charge in [0.25, 0.3) is 0 Å². The molecule has 0 saturated heterocycles. The summed E-state index contributed by atoms with van der Waals surface area (Å²) in [6.45, 7) is 0. The Morgan fingerprint density at radius 3 is 2.29 bits per heavy atom. The standard InChI is InChI=1S/C12H12F3NO5/c13-12(14,15)5-10(19)16-7(11(20)21)3-6-1-2-8(17)9(18)4-6/h1-2,4,7,17-18H,3,5H2,(H,16,19)(H,20,21)/t7-/m0/s1. The highest BCUT2D eigenvalue weighted by molar-refractivity contribution is 5.84. The molecule has 0 saturated carbocycles. The monoisotopic (exact) mass is 307 g/mol. The van der Waals surface area contributed by atoms with Crippen LogP contribution in [-0.2, 0) is 16.0 Å². The van der Waals surface area contributed by atoms with Gasteiger partial charge < -0.3 is 20.6 Å². The van der Waals surface area contributed by atoms with Crippen molar-refractivity contribution in [1.29, 1.82) is 0 Å². The van der Waals surface area contributed by atoms with E-state index in [4.69, 9.17) is 10.2 Å². The number of hydrogen-bond donors (Lipinski definition) is 4. The fraction of sp³-hybridized carbons (Fsp3) is 0.333. The summed E-state index contributed by atoms with van der Waals surface area (Å²) in [5.74, 6) is -3.90. The van der Waals surface area contributed by atoms with Crippen LogP contribution >= 0.6 is 0 Å². The van der Waals surface area contributed by atoms with E-state index in [1.165, 1.54) is 6.07 Å². The maximum Gasteiger partial charge on any atom is 0.397 e. The van der Waals surface area contributed by atoms with E-state index in [-0.39, 0.29) is 12.0 Å². The molecule has 0 unspecified atom stereocenters. The summed E-state index contributed by atoms with van der Waals surface area (Å²) in [5.41, 5.74) is 0.227. The van der Waals surface area contributed by atoms with E-state index in [2.05, 4.69) is 0 Å². The Balaban J connectivity index is 2.76. The van der Waals surface area contributed by atoms with Gasteiger partial charge in [-0.15, -0.1) is 0 Å². The summed E-state index contributed by atoms with van der Waals surface area (Å²) in [6.07, 6.45) is -6.85. The van der Waals surface area contributed by atoms with Crippen molar-refractivity contribution in [2.45, 2.75) is 25.1 Å². The van der Waals surface area contributed by atoms with E-state index in [0.717, 1.165) is 12.1 Å². The fourth-order valence-electron chi connectivity index (χ4n) is 1.56. The SMILES string of the molecule is O=C(CC(F)(F)F)N[C@@H](Cc1ccc(O)c(O)c1)C(=O)O. The zero-order valence-electron chi connectivity index (χ0n) is 10.5. The number of carboxylic acid groups (broad SMARTS) is 1. The lowest BCUT2D eigenvalue weighted by Gasteiger charge is -2.15. The zero-order valence-corrected chi connectivity index (χ0v) is 10.5. The second kappa shape index (κ2) is 6.33. The predicted molar refractivity (Wildman–Crippen MR) is 63.7 cm³/mol. The third kappa shape index (κ3) is 5.59. The number of phenolic OH excluding ortho intramolecular Hbond substituents is 2. The van der Waals surface area contributed by atoms with E-state index in [1.807, 2.05) is 0 Å². The van der Waals surface area contributed by atoms with Gasteiger partial charge in [-0.05, 0) is 17.7 Å². The van der Waals surface area contributed by atoms with Gasteiger partial charge in [-0.3, -0.25) is 4.79 Å². The Bertz CT molecular complexity index is 544. The smallest absolute Gasteiger partial charge is 0.397 e. The van der Waals surface area contributed by atoms with Crippen LogP contribution in [0.2, 0.25) is 0 Å². The molecule has 1 amide bonds. The number of alkyl halides is 3. The molecule has 9 heteroatoms.